The molecular weight excluding hydrogens is 248 g/mol. The van der Waals surface area contributed by atoms with Gasteiger partial charge in [0.1, 0.15) is 5.75 Å². The van der Waals surface area contributed by atoms with Crippen LogP contribution in [0.15, 0.2) is 12.1 Å². The molecule has 0 bridgehead atoms. The van der Waals surface area contributed by atoms with Gasteiger partial charge in [0.05, 0.1) is 0 Å². The van der Waals surface area contributed by atoms with Gasteiger partial charge in [-0.1, -0.05) is 27.7 Å². The molecule has 0 saturated carbocycles. The number of benzene rings is 1. The summed E-state index contributed by atoms with van der Waals surface area (Å²) in [6.07, 6.45) is 0. The second-order valence-electron chi connectivity index (χ2n) is 6.57. The lowest BCUT2D eigenvalue weighted by Gasteiger charge is -2.35. The molecule has 112 valence electrons. The average molecular weight is 276 g/mol. The van der Waals surface area contributed by atoms with Gasteiger partial charge in [-0.05, 0) is 42.1 Å². The summed E-state index contributed by atoms with van der Waals surface area (Å²) in [6, 6.07) is 4.36. The molecule has 1 saturated heterocycles. The van der Waals surface area contributed by atoms with Crippen molar-refractivity contribution in [3.63, 3.8) is 0 Å². The van der Waals surface area contributed by atoms with Gasteiger partial charge in [0.25, 0.3) is 0 Å². The zero-order chi connectivity index (χ0) is 14.9. The summed E-state index contributed by atoms with van der Waals surface area (Å²) in [5.74, 6) is 1.19. The van der Waals surface area contributed by atoms with Crippen LogP contribution < -0.4 is 4.90 Å². The third kappa shape index (κ3) is 3.09. The Morgan fingerprint density at radius 1 is 0.900 bits per heavy atom. The Hall–Kier alpha value is -1.22. The van der Waals surface area contributed by atoms with Crippen molar-refractivity contribution in [3.05, 3.63) is 23.3 Å². The van der Waals surface area contributed by atoms with Gasteiger partial charge in [0.15, 0.2) is 0 Å². The van der Waals surface area contributed by atoms with Crippen LogP contribution in [0.3, 0.4) is 0 Å². The van der Waals surface area contributed by atoms with Crippen LogP contribution in [0.4, 0.5) is 5.69 Å². The van der Waals surface area contributed by atoms with Gasteiger partial charge in [0.2, 0.25) is 0 Å². The van der Waals surface area contributed by atoms with E-state index < -0.39 is 0 Å². The number of piperazine rings is 1. The molecule has 1 N–H and O–H groups in total. The largest absolute Gasteiger partial charge is 0.507 e. The van der Waals surface area contributed by atoms with Crippen LogP contribution in [0.5, 0.6) is 5.75 Å². The highest BCUT2D eigenvalue weighted by Crippen LogP contribution is 2.37. The molecule has 20 heavy (non-hydrogen) atoms. The molecule has 0 aliphatic carbocycles. The van der Waals surface area contributed by atoms with Crippen LogP contribution in [-0.4, -0.2) is 43.2 Å². The van der Waals surface area contributed by atoms with Crippen molar-refractivity contribution in [1.29, 1.82) is 0 Å². The summed E-state index contributed by atoms with van der Waals surface area (Å²) in [4.78, 5) is 4.81. The number of hydrogen-bond donors (Lipinski definition) is 1. The molecule has 1 aliphatic heterocycles. The van der Waals surface area contributed by atoms with Crippen LogP contribution in [0.25, 0.3) is 0 Å². The second-order valence-corrected chi connectivity index (χ2v) is 6.57. The van der Waals surface area contributed by atoms with Crippen LogP contribution in [0.2, 0.25) is 0 Å². The predicted molar refractivity (Wildman–Crippen MR) is 86.0 cm³/mol. The van der Waals surface area contributed by atoms with Crippen molar-refractivity contribution in [2.45, 2.75) is 39.5 Å². The van der Waals surface area contributed by atoms with Crippen LogP contribution in [-0.2, 0) is 0 Å². The van der Waals surface area contributed by atoms with Crippen molar-refractivity contribution in [3.8, 4) is 5.75 Å². The van der Waals surface area contributed by atoms with Crippen molar-refractivity contribution in [1.82, 2.24) is 4.90 Å². The smallest absolute Gasteiger partial charge is 0.122 e. The topological polar surface area (TPSA) is 26.7 Å². The first-order chi connectivity index (χ1) is 9.40. The lowest BCUT2D eigenvalue weighted by Crippen LogP contribution is -2.44. The molecular formula is C17H28N2O. The zero-order valence-corrected chi connectivity index (χ0v) is 13.5. The van der Waals surface area contributed by atoms with E-state index in [-0.39, 0.29) is 0 Å². The molecule has 0 atom stereocenters. The highest BCUT2D eigenvalue weighted by Gasteiger charge is 2.20. The van der Waals surface area contributed by atoms with Gasteiger partial charge < -0.3 is 14.9 Å². The standard InChI is InChI=1S/C17H28N2O/c1-12(2)15-10-14(11-16(13(3)4)17(15)20)19-8-6-18(5)7-9-19/h10-13,20H,6-9H2,1-5H3. The maximum Gasteiger partial charge on any atom is 0.122 e. The highest BCUT2D eigenvalue weighted by atomic mass is 16.3. The van der Waals surface area contributed by atoms with Gasteiger partial charge >= 0.3 is 0 Å². The van der Waals surface area contributed by atoms with Gasteiger partial charge in [-0.3, -0.25) is 0 Å². The first-order valence-corrected chi connectivity index (χ1v) is 7.70. The van der Waals surface area contributed by atoms with Crippen LogP contribution in [0, 0.1) is 0 Å². The Bertz CT molecular complexity index is 431. The van der Waals surface area contributed by atoms with Gasteiger partial charge in [-0.25, -0.2) is 0 Å². The second kappa shape index (κ2) is 6.04. The molecule has 1 aromatic rings. The maximum atomic E-state index is 10.5. The zero-order valence-electron chi connectivity index (χ0n) is 13.5. The number of nitrogens with zero attached hydrogens (tertiary/aromatic N) is 2. The average Bonchev–Trinajstić information content (AvgIpc) is 2.39. The minimum Gasteiger partial charge on any atom is -0.507 e. The molecule has 1 aliphatic rings. The van der Waals surface area contributed by atoms with E-state index in [1.165, 1.54) is 5.69 Å². The summed E-state index contributed by atoms with van der Waals surface area (Å²) in [5.41, 5.74) is 3.42. The highest BCUT2D eigenvalue weighted by molar-refractivity contribution is 5.59. The van der Waals surface area contributed by atoms with E-state index >= 15 is 0 Å². The molecule has 0 amide bonds. The van der Waals surface area contributed by atoms with E-state index in [2.05, 4.69) is 56.7 Å². The van der Waals surface area contributed by atoms with Gasteiger partial charge in [0, 0.05) is 31.9 Å². The van der Waals surface area contributed by atoms with Crippen molar-refractivity contribution < 1.29 is 5.11 Å². The Balaban J connectivity index is 2.38. The summed E-state index contributed by atoms with van der Waals surface area (Å²) in [6.45, 7) is 12.9. The number of rotatable bonds is 3. The van der Waals surface area contributed by atoms with Crippen molar-refractivity contribution in [2.24, 2.45) is 0 Å². The molecule has 0 unspecified atom stereocenters. The Kier molecular flexibility index (Phi) is 4.59. The van der Waals surface area contributed by atoms with E-state index in [4.69, 9.17) is 0 Å². The summed E-state index contributed by atoms with van der Waals surface area (Å²) < 4.78 is 0. The fraction of sp³-hybridized carbons (Fsp3) is 0.647. The van der Waals surface area contributed by atoms with Crippen LogP contribution in [0.1, 0.15) is 50.7 Å². The van der Waals surface area contributed by atoms with Crippen LogP contribution >= 0.6 is 0 Å². The van der Waals surface area contributed by atoms with E-state index in [0.29, 0.717) is 17.6 Å². The number of phenolic OH excluding ortho intramolecular Hbond substituents is 1. The molecule has 0 aromatic heterocycles. The van der Waals surface area contributed by atoms with E-state index in [1.807, 2.05) is 0 Å². The molecule has 3 heteroatoms. The fourth-order valence-electron chi connectivity index (χ4n) is 2.79. The molecule has 2 rings (SSSR count). The maximum absolute atomic E-state index is 10.5. The van der Waals surface area contributed by atoms with E-state index in [9.17, 15) is 5.11 Å². The Labute approximate surface area is 123 Å². The third-order valence-electron chi connectivity index (χ3n) is 4.27. The third-order valence-corrected chi connectivity index (χ3v) is 4.27. The number of likely N-dealkylation sites (N-methyl/N-ethyl adjacent to an activating group) is 1. The van der Waals surface area contributed by atoms with Gasteiger partial charge in [-0.2, -0.15) is 0 Å². The number of phenols is 1. The lowest BCUT2D eigenvalue weighted by molar-refractivity contribution is 0.312. The minimum atomic E-state index is 0.347. The monoisotopic (exact) mass is 276 g/mol. The molecule has 1 aromatic carbocycles. The van der Waals surface area contributed by atoms with Crippen molar-refractivity contribution in [2.75, 3.05) is 38.1 Å². The predicted octanol–water partition coefficient (Wildman–Crippen LogP) is 3.39. The fourth-order valence-corrected chi connectivity index (χ4v) is 2.79. The first-order valence-electron chi connectivity index (χ1n) is 7.70. The number of anilines is 1. The van der Waals surface area contributed by atoms with E-state index in [1.54, 1.807) is 0 Å². The first kappa shape index (κ1) is 15.2. The van der Waals surface area contributed by atoms with Gasteiger partial charge in [-0.15, -0.1) is 0 Å². The SMILES string of the molecule is CC(C)c1cc(N2CCN(C)CC2)cc(C(C)C)c1O. The summed E-state index contributed by atoms with van der Waals surface area (Å²) in [7, 11) is 2.17. The molecule has 1 fully saturated rings. The number of aromatic hydroxyl groups is 1. The number of hydrogen-bond acceptors (Lipinski definition) is 3. The molecule has 0 spiro atoms. The van der Waals surface area contributed by atoms with E-state index in [0.717, 1.165) is 37.3 Å². The minimum absolute atomic E-state index is 0.347. The summed E-state index contributed by atoms with van der Waals surface area (Å²) >= 11 is 0. The molecule has 0 radical (unpaired) electrons. The quantitative estimate of drug-likeness (QED) is 0.916. The molecule has 1 heterocycles. The summed E-state index contributed by atoms with van der Waals surface area (Å²) in [5, 5.41) is 10.5. The normalized spacial score (nSPS) is 17.2. The molecule has 3 nitrogen and oxygen atoms in total. The Morgan fingerprint density at radius 3 is 1.75 bits per heavy atom. The lowest BCUT2D eigenvalue weighted by atomic mass is 9.92. The Morgan fingerprint density at radius 2 is 1.35 bits per heavy atom. The van der Waals surface area contributed by atoms with Crippen molar-refractivity contribution >= 4 is 5.69 Å².